The van der Waals surface area contributed by atoms with E-state index in [0.29, 0.717) is 5.76 Å². The lowest BCUT2D eigenvalue weighted by Crippen LogP contribution is -2.47. The maximum Gasteiger partial charge on any atom is 0.338 e. The van der Waals surface area contributed by atoms with Crippen molar-refractivity contribution >= 4 is 47.1 Å². The number of amides is 3. The molecule has 0 bridgehead atoms. The van der Waals surface area contributed by atoms with E-state index in [1.54, 1.807) is 19.1 Å². The third kappa shape index (κ3) is 6.05. The van der Waals surface area contributed by atoms with Gasteiger partial charge in [-0.3, -0.25) is 9.59 Å². The Bertz CT molecular complexity index is 1100. The summed E-state index contributed by atoms with van der Waals surface area (Å²) in [7, 11) is 0. The highest BCUT2D eigenvalue weighted by atomic mass is 35.5. The number of esters is 2. The zero-order valence-corrected chi connectivity index (χ0v) is 18.8. The molecule has 0 spiro atoms. The van der Waals surface area contributed by atoms with Crippen molar-refractivity contribution in [3.63, 3.8) is 0 Å². The van der Waals surface area contributed by atoms with Crippen LogP contribution >= 0.6 is 23.2 Å². The van der Waals surface area contributed by atoms with Gasteiger partial charge in [-0.15, -0.1) is 0 Å². The molecule has 3 rings (SSSR count). The zero-order chi connectivity index (χ0) is 24.0. The molecule has 3 N–H and O–H groups in total. The van der Waals surface area contributed by atoms with E-state index >= 15 is 0 Å². The number of furan rings is 1. The predicted octanol–water partition coefficient (Wildman–Crippen LogP) is 2.73. The summed E-state index contributed by atoms with van der Waals surface area (Å²) in [6.45, 7) is 0.815. The minimum atomic E-state index is -0.934. The standard InChI is InChI=1S/C21H19Cl2N3O7/c1-2-31-20(29)17-14(25-21(30)26-18(17)15-4-3-7-32-15)10-33-16(27)9-24-19(28)11-5-6-12(22)13(23)8-11/h3-8,18H,2,9-10H2,1H3,(H,24,28)(H2,25,26,30). The zero-order valence-electron chi connectivity index (χ0n) is 17.3. The first-order valence-corrected chi connectivity index (χ1v) is 10.5. The highest BCUT2D eigenvalue weighted by Crippen LogP contribution is 2.28. The molecule has 10 nitrogen and oxygen atoms in total. The molecular formula is C21H19Cl2N3O7. The number of hydrogen-bond acceptors (Lipinski definition) is 7. The Morgan fingerprint density at radius 3 is 2.61 bits per heavy atom. The van der Waals surface area contributed by atoms with Crippen molar-refractivity contribution in [1.82, 2.24) is 16.0 Å². The molecular weight excluding hydrogens is 477 g/mol. The van der Waals surface area contributed by atoms with E-state index in [0.717, 1.165) is 0 Å². The summed E-state index contributed by atoms with van der Waals surface area (Å²) in [5, 5.41) is 7.89. The number of rotatable bonds is 8. The molecule has 2 heterocycles. The van der Waals surface area contributed by atoms with Gasteiger partial charge in [0, 0.05) is 5.56 Å². The topological polar surface area (TPSA) is 136 Å². The second kappa shape index (κ2) is 10.9. The summed E-state index contributed by atoms with van der Waals surface area (Å²) in [6, 6.07) is 5.89. The molecule has 1 aromatic heterocycles. The van der Waals surface area contributed by atoms with Crippen molar-refractivity contribution in [2.75, 3.05) is 19.8 Å². The quantitative estimate of drug-likeness (QED) is 0.478. The highest BCUT2D eigenvalue weighted by Gasteiger charge is 2.35. The fourth-order valence-corrected chi connectivity index (χ4v) is 3.24. The van der Waals surface area contributed by atoms with Crippen molar-refractivity contribution < 1.29 is 33.1 Å². The fraction of sp³-hybridized carbons (Fsp3) is 0.238. The van der Waals surface area contributed by atoms with Crippen LogP contribution in [0.15, 0.2) is 52.3 Å². The molecule has 3 amide bonds. The lowest BCUT2D eigenvalue weighted by molar-refractivity contribution is -0.142. The van der Waals surface area contributed by atoms with E-state index in [-0.39, 0.29) is 33.5 Å². The Morgan fingerprint density at radius 2 is 1.94 bits per heavy atom. The molecule has 2 aromatic rings. The SMILES string of the molecule is CCOC(=O)C1=C(COC(=O)CNC(=O)c2ccc(Cl)c(Cl)c2)NC(=O)NC1c1ccco1. The van der Waals surface area contributed by atoms with Crippen LogP contribution in [0.3, 0.4) is 0 Å². The second-order valence-corrected chi connectivity index (χ2v) is 7.45. The van der Waals surface area contributed by atoms with Crippen molar-refractivity contribution in [3.8, 4) is 0 Å². The van der Waals surface area contributed by atoms with E-state index in [1.165, 1.54) is 24.5 Å². The van der Waals surface area contributed by atoms with Gasteiger partial charge in [-0.1, -0.05) is 23.2 Å². The first-order valence-electron chi connectivity index (χ1n) is 9.70. The average molecular weight is 496 g/mol. The van der Waals surface area contributed by atoms with Gasteiger partial charge in [0.25, 0.3) is 5.91 Å². The van der Waals surface area contributed by atoms with Crippen LogP contribution < -0.4 is 16.0 Å². The second-order valence-electron chi connectivity index (χ2n) is 6.63. The summed E-state index contributed by atoms with van der Waals surface area (Å²) in [4.78, 5) is 49.0. The van der Waals surface area contributed by atoms with Gasteiger partial charge >= 0.3 is 18.0 Å². The van der Waals surface area contributed by atoms with Gasteiger partial charge in [-0.25, -0.2) is 9.59 Å². The fourth-order valence-electron chi connectivity index (χ4n) is 2.95. The van der Waals surface area contributed by atoms with Crippen LogP contribution in [0.2, 0.25) is 10.0 Å². The Hall–Kier alpha value is -3.50. The Labute approximate surface area is 198 Å². The first kappa shape index (κ1) is 24.1. The predicted molar refractivity (Wildman–Crippen MR) is 117 cm³/mol. The van der Waals surface area contributed by atoms with Gasteiger partial charge < -0.3 is 29.8 Å². The maximum atomic E-state index is 12.6. The van der Waals surface area contributed by atoms with Gasteiger partial charge in [-0.05, 0) is 37.3 Å². The molecule has 0 fully saturated rings. The largest absolute Gasteiger partial charge is 0.467 e. The van der Waals surface area contributed by atoms with Crippen molar-refractivity contribution in [2.24, 2.45) is 0 Å². The molecule has 0 saturated carbocycles. The number of nitrogens with one attached hydrogen (secondary N) is 3. The molecule has 1 atom stereocenters. The summed E-state index contributed by atoms with van der Waals surface area (Å²) in [6.07, 6.45) is 1.39. The van der Waals surface area contributed by atoms with Gasteiger partial charge in [0.05, 0.1) is 34.2 Å². The smallest absolute Gasteiger partial charge is 0.338 e. The molecule has 1 aromatic carbocycles. The van der Waals surface area contributed by atoms with Crippen LogP contribution in [-0.2, 0) is 19.1 Å². The summed E-state index contributed by atoms with van der Waals surface area (Å²) in [5.74, 6) is -1.79. The van der Waals surface area contributed by atoms with Crippen LogP contribution in [0.1, 0.15) is 29.1 Å². The van der Waals surface area contributed by atoms with E-state index in [2.05, 4.69) is 16.0 Å². The van der Waals surface area contributed by atoms with Crippen LogP contribution in [0.25, 0.3) is 0 Å². The average Bonchev–Trinajstić information content (AvgIpc) is 3.32. The number of carbonyl (C=O) groups is 4. The van der Waals surface area contributed by atoms with Crippen LogP contribution in [0.4, 0.5) is 4.79 Å². The van der Waals surface area contributed by atoms with Gasteiger partial charge in [0.2, 0.25) is 0 Å². The van der Waals surface area contributed by atoms with E-state index < -0.39 is 43.1 Å². The number of carbonyl (C=O) groups excluding carboxylic acids is 4. The lowest BCUT2D eigenvalue weighted by Gasteiger charge is -2.27. The van der Waals surface area contributed by atoms with Crippen LogP contribution in [-0.4, -0.2) is 43.6 Å². The van der Waals surface area contributed by atoms with Crippen LogP contribution in [0.5, 0.6) is 0 Å². The Morgan fingerprint density at radius 1 is 1.15 bits per heavy atom. The summed E-state index contributed by atoms with van der Waals surface area (Å²) < 4.78 is 15.5. The first-order chi connectivity index (χ1) is 15.8. The van der Waals surface area contributed by atoms with E-state index in [1.807, 2.05) is 0 Å². The van der Waals surface area contributed by atoms with Gasteiger partial charge in [0.15, 0.2) is 0 Å². The third-order valence-electron chi connectivity index (χ3n) is 4.43. The third-order valence-corrected chi connectivity index (χ3v) is 5.17. The normalized spacial score (nSPS) is 15.4. The molecule has 0 radical (unpaired) electrons. The minimum absolute atomic E-state index is 0.0269. The molecule has 12 heteroatoms. The molecule has 0 aliphatic carbocycles. The van der Waals surface area contributed by atoms with Crippen molar-refractivity contribution in [1.29, 1.82) is 0 Å². The monoisotopic (exact) mass is 495 g/mol. The van der Waals surface area contributed by atoms with E-state index in [4.69, 9.17) is 37.1 Å². The Kier molecular flexibility index (Phi) is 7.96. The number of halogens is 2. The van der Waals surface area contributed by atoms with Crippen LogP contribution in [0, 0.1) is 0 Å². The highest BCUT2D eigenvalue weighted by molar-refractivity contribution is 6.42. The Balaban J connectivity index is 1.68. The van der Waals surface area contributed by atoms with Gasteiger partial charge in [-0.2, -0.15) is 0 Å². The van der Waals surface area contributed by atoms with Crippen molar-refractivity contribution in [3.05, 3.63) is 69.2 Å². The molecule has 1 aliphatic rings. The molecule has 174 valence electrons. The number of benzene rings is 1. The summed E-state index contributed by atoms with van der Waals surface area (Å²) in [5.41, 5.74) is 0.262. The van der Waals surface area contributed by atoms with E-state index in [9.17, 15) is 19.2 Å². The lowest BCUT2D eigenvalue weighted by atomic mass is 10.0. The molecule has 1 aliphatic heterocycles. The maximum absolute atomic E-state index is 12.6. The number of urea groups is 1. The van der Waals surface area contributed by atoms with Crippen molar-refractivity contribution in [2.45, 2.75) is 13.0 Å². The molecule has 0 saturated heterocycles. The summed E-state index contributed by atoms with van der Waals surface area (Å²) >= 11 is 11.7. The van der Waals surface area contributed by atoms with Gasteiger partial charge in [0.1, 0.15) is 25.0 Å². The number of ether oxygens (including phenoxy) is 2. The molecule has 1 unspecified atom stereocenters. The number of hydrogen-bond donors (Lipinski definition) is 3. The minimum Gasteiger partial charge on any atom is -0.467 e. The molecule has 33 heavy (non-hydrogen) atoms.